The number of pyridine rings is 1. The van der Waals surface area contributed by atoms with E-state index in [1.54, 1.807) is 26.6 Å². The Morgan fingerprint density at radius 3 is 3.05 bits per heavy atom. The van der Waals surface area contributed by atoms with Crippen LogP contribution in [0.4, 0.5) is 5.82 Å². The van der Waals surface area contributed by atoms with Crippen molar-refractivity contribution in [3.8, 4) is 0 Å². The normalized spacial score (nSPS) is 11.2. The average Bonchev–Trinajstić information content (AvgIpc) is 3.10. The van der Waals surface area contributed by atoms with Gasteiger partial charge in [-0.15, -0.1) is 0 Å². The number of aryl methyl sites for hydroxylation is 1. The highest BCUT2D eigenvalue weighted by molar-refractivity contribution is 6.09. The van der Waals surface area contributed by atoms with Crippen LogP contribution in [0.2, 0.25) is 0 Å². The second-order valence-electron chi connectivity index (χ2n) is 4.96. The van der Waals surface area contributed by atoms with Crippen LogP contribution in [0.15, 0.2) is 12.4 Å². The number of H-pyrrole nitrogens is 1. The summed E-state index contributed by atoms with van der Waals surface area (Å²) in [5, 5.41) is 6.68. The summed E-state index contributed by atoms with van der Waals surface area (Å²) < 4.78 is 6.84. The van der Waals surface area contributed by atoms with Gasteiger partial charge in [-0.25, -0.2) is 9.97 Å². The maximum absolute atomic E-state index is 12.1. The van der Waals surface area contributed by atoms with E-state index < -0.39 is 0 Å². The lowest BCUT2D eigenvalue weighted by atomic mass is 10.2. The van der Waals surface area contributed by atoms with E-state index in [4.69, 9.17) is 4.74 Å². The Morgan fingerprint density at radius 2 is 2.32 bits per heavy atom. The third-order valence-electron chi connectivity index (χ3n) is 3.51. The monoisotopic (exact) mass is 302 g/mol. The molecule has 116 valence electrons. The smallest absolute Gasteiger partial charge is 0.267 e. The van der Waals surface area contributed by atoms with Gasteiger partial charge in [-0.1, -0.05) is 0 Å². The first-order chi connectivity index (χ1) is 10.7. The second kappa shape index (κ2) is 5.64. The Balaban J connectivity index is 2.07. The summed E-state index contributed by atoms with van der Waals surface area (Å²) in [4.78, 5) is 24.0. The number of aromatic nitrogens is 4. The Kier molecular flexibility index (Phi) is 3.68. The molecule has 0 fully saturated rings. The molecule has 3 heterocycles. The van der Waals surface area contributed by atoms with Gasteiger partial charge in [0.05, 0.1) is 18.5 Å². The Hall–Kier alpha value is -2.61. The molecule has 3 N–H and O–H groups in total. The van der Waals surface area contributed by atoms with E-state index in [1.807, 2.05) is 11.6 Å². The van der Waals surface area contributed by atoms with Crippen molar-refractivity contribution >= 4 is 33.8 Å². The molecule has 0 radical (unpaired) electrons. The van der Waals surface area contributed by atoms with Gasteiger partial charge in [0, 0.05) is 33.1 Å². The molecule has 0 bridgehead atoms. The molecule has 8 heteroatoms. The lowest BCUT2D eigenvalue weighted by Crippen LogP contribution is -2.27. The molecule has 0 saturated heterocycles. The lowest BCUT2D eigenvalue weighted by molar-refractivity contribution is 0.0933. The van der Waals surface area contributed by atoms with Crippen molar-refractivity contribution < 1.29 is 9.53 Å². The first-order valence-electron chi connectivity index (χ1n) is 6.94. The third kappa shape index (κ3) is 2.27. The lowest BCUT2D eigenvalue weighted by Gasteiger charge is -2.02. The maximum Gasteiger partial charge on any atom is 0.267 e. The predicted molar refractivity (Wildman–Crippen MR) is 84.1 cm³/mol. The molecule has 3 rings (SSSR count). The molecular formula is C14H18N6O2. The van der Waals surface area contributed by atoms with E-state index >= 15 is 0 Å². The van der Waals surface area contributed by atoms with Crippen molar-refractivity contribution in [1.29, 1.82) is 0 Å². The number of methoxy groups -OCH3 is 1. The van der Waals surface area contributed by atoms with Crippen LogP contribution in [0.5, 0.6) is 0 Å². The van der Waals surface area contributed by atoms with E-state index in [0.717, 1.165) is 16.4 Å². The van der Waals surface area contributed by atoms with Gasteiger partial charge >= 0.3 is 0 Å². The van der Waals surface area contributed by atoms with Crippen molar-refractivity contribution in [2.24, 2.45) is 7.05 Å². The van der Waals surface area contributed by atoms with Crippen molar-refractivity contribution in [3.63, 3.8) is 0 Å². The van der Waals surface area contributed by atoms with Crippen molar-refractivity contribution in [1.82, 2.24) is 24.8 Å². The number of aromatic amines is 1. The fourth-order valence-corrected chi connectivity index (χ4v) is 2.46. The molecule has 0 aliphatic carbocycles. The number of anilines is 1. The molecular weight excluding hydrogens is 284 g/mol. The fourth-order valence-electron chi connectivity index (χ4n) is 2.46. The number of carbonyl (C=O) groups is 1. The van der Waals surface area contributed by atoms with Crippen molar-refractivity contribution in [3.05, 3.63) is 18.1 Å². The van der Waals surface area contributed by atoms with Crippen LogP contribution in [-0.2, 0) is 11.8 Å². The second-order valence-corrected chi connectivity index (χ2v) is 4.96. The number of nitrogens with zero attached hydrogens (tertiary/aromatic N) is 3. The highest BCUT2D eigenvalue weighted by Gasteiger charge is 2.16. The summed E-state index contributed by atoms with van der Waals surface area (Å²) in [5.41, 5.74) is 2.83. The van der Waals surface area contributed by atoms with E-state index in [-0.39, 0.29) is 5.91 Å². The molecule has 0 atom stereocenters. The molecule has 1 amide bonds. The van der Waals surface area contributed by atoms with E-state index in [0.29, 0.717) is 30.3 Å². The Labute approximate surface area is 126 Å². The molecule has 3 aromatic rings. The number of imidazole rings is 1. The van der Waals surface area contributed by atoms with Crippen LogP contribution < -0.4 is 10.6 Å². The summed E-state index contributed by atoms with van der Waals surface area (Å²) in [5.74, 6) is 0.493. The number of carbonyl (C=O) groups excluding carboxylic acids is 1. The minimum atomic E-state index is -0.184. The summed E-state index contributed by atoms with van der Waals surface area (Å²) in [6, 6.07) is 1.80. The maximum atomic E-state index is 12.1. The predicted octanol–water partition coefficient (Wildman–Crippen LogP) is 0.867. The fraction of sp³-hybridized carbons (Fsp3) is 0.357. The Morgan fingerprint density at radius 1 is 1.50 bits per heavy atom. The Bertz CT molecular complexity index is 835. The van der Waals surface area contributed by atoms with Gasteiger partial charge in [-0.2, -0.15) is 0 Å². The molecule has 0 aromatic carbocycles. The van der Waals surface area contributed by atoms with Gasteiger partial charge in [0.15, 0.2) is 5.82 Å². The summed E-state index contributed by atoms with van der Waals surface area (Å²) in [6.07, 6.45) is 1.73. The van der Waals surface area contributed by atoms with Crippen molar-refractivity contribution in [2.45, 2.75) is 0 Å². The van der Waals surface area contributed by atoms with E-state index in [9.17, 15) is 4.79 Å². The topological polar surface area (TPSA) is 96.9 Å². The van der Waals surface area contributed by atoms with Gasteiger partial charge in [0.1, 0.15) is 16.9 Å². The minimum Gasteiger partial charge on any atom is -0.383 e. The van der Waals surface area contributed by atoms with Crippen molar-refractivity contribution in [2.75, 3.05) is 32.6 Å². The molecule has 0 aliphatic heterocycles. The highest BCUT2D eigenvalue weighted by Crippen LogP contribution is 2.28. The average molecular weight is 302 g/mol. The van der Waals surface area contributed by atoms with Gasteiger partial charge in [0.2, 0.25) is 0 Å². The molecule has 22 heavy (non-hydrogen) atoms. The molecule has 0 saturated carbocycles. The molecule has 8 nitrogen and oxygen atoms in total. The largest absolute Gasteiger partial charge is 0.383 e. The number of hydrogen-bond acceptors (Lipinski definition) is 5. The van der Waals surface area contributed by atoms with E-state index in [1.165, 1.54) is 0 Å². The first-order valence-corrected chi connectivity index (χ1v) is 6.94. The van der Waals surface area contributed by atoms with E-state index in [2.05, 4.69) is 25.6 Å². The van der Waals surface area contributed by atoms with Gasteiger partial charge in [-0.3, -0.25) is 4.79 Å². The zero-order chi connectivity index (χ0) is 15.7. The molecule has 3 aromatic heterocycles. The molecule has 0 spiro atoms. The van der Waals surface area contributed by atoms with Crippen LogP contribution in [0, 0.1) is 0 Å². The molecule has 0 aliphatic rings. The van der Waals surface area contributed by atoms with Gasteiger partial charge in [0.25, 0.3) is 5.91 Å². The number of rotatable bonds is 5. The highest BCUT2D eigenvalue weighted by atomic mass is 16.5. The number of nitrogens with one attached hydrogen (secondary N) is 3. The van der Waals surface area contributed by atoms with Crippen LogP contribution in [0.3, 0.4) is 0 Å². The summed E-state index contributed by atoms with van der Waals surface area (Å²) in [7, 11) is 5.31. The number of hydrogen-bond donors (Lipinski definition) is 3. The number of ether oxygens (including phenoxy) is 1. The van der Waals surface area contributed by atoms with Crippen LogP contribution >= 0.6 is 0 Å². The zero-order valence-corrected chi connectivity index (χ0v) is 12.7. The standard InChI is InChI=1S/C14H18N6O2/c1-15-13-10-11(20(2)7-17-10)8-6-9(18-12(8)19-13)14(21)16-4-5-22-3/h6-7H,4-5H2,1-3H3,(H,16,21)(H2,15,18,19). The summed E-state index contributed by atoms with van der Waals surface area (Å²) >= 11 is 0. The summed E-state index contributed by atoms with van der Waals surface area (Å²) in [6.45, 7) is 0.932. The first kappa shape index (κ1) is 14.3. The number of fused-ring (bicyclic) bond motifs is 3. The zero-order valence-electron chi connectivity index (χ0n) is 12.7. The van der Waals surface area contributed by atoms with Crippen LogP contribution in [-0.4, -0.2) is 52.7 Å². The SMILES string of the molecule is CNc1nc2[nH]c(C(=O)NCCOC)cc2c2c1ncn2C. The van der Waals surface area contributed by atoms with Gasteiger partial charge in [-0.05, 0) is 6.07 Å². The molecule has 0 unspecified atom stereocenters. The van der Waals surface area contributed by atoms with Crippen LogP contribution in [0.1, 0.15) is 10.5 Å². The van der Waals surface area contributed by atoms with Gasteiger partial charge < -0.3 is 24.9 Å². The quantitative estimate of drug-likeness (QED) is 0.608. The third-order valence-corrected chi connectivity index (χ3v) is 3.51. The minimum absolute atomic E-state index is 0.184. The number of amides is 1. The van der Waals surface area contributed by atoms with Crippen LogP contribution in [0.25, 0.3) is 22.1 Å².